The maximum atomic E-state index is 14.3. The van der Waals surface area contributed by atoms with Gasteiger partial charge in [0, 0.05) is 49.5 Å². The van der Waals surface area contributed by atoms with Crippen molar-refractivity contribution in [2.45, 2.75) is 117 Å². The fourth-order valence-corrected chi connectivity index (χ4v) is 7.93. The predicted octanol–water partition coefficient (Wildman–Crippen LogP) is 7.08. The average molecular weight is 667 g/mol. The van der Waals surface area contributed by atoms with Crippen LogP contribution in [0.2, 0.25) is 0 Å². The molecule has 1 aromatic heterocycles. The van der Waals surface area contributed by atoms with Gasteiger partial charge in [0.05, 0.1) is 11.6 Å². The fraction of sp³-hybridized carbons (Fsp3) is 0.658. The highest BCUT2D eigenvalue weighted by Gasteiger charge is 2.61. The Balaban J connectivity index is 1.63. The second kappa shape index (κ2) is 15.3. The molecule has 0 aliphatic carbocycles. The van der Waals surface area contributed by atoms with E-state index < -0.39 is 59.1 Å². The monoisotopic (exact) mass is 666 g/mol. The summed E-state index contributed by atoms with van der Waals surface area (Å²) in [4.78, 5) is 56.9. The number of nitrogens with zero attached hydrogens (tertiary/aromatic N) is 2. The normalized spacial score (nSPS) is 33.6. The molecule has 0 bridgehead atoms. The second-order valence-electron chi connectivity index (χ2n) is 14.2. The van der Waals surface area contributed by atoms with Gasteiger partial charge >= 0.3 is 12.1 Å². The number of carbonyl (C=O) groups excluding carboxylic acids is 4. The Morgan fingerprint density at radius 1 is 0.958 bits per heavy atom. The van der Waals surface area contributed by atoms with Gasteiger partial charge in [0.15, 0.2) is 5.60 Å². The summed E-state index contributed by atoms with van der Waals surface area (Å²) in [5.41, 5.74) is -0.340. The van der Waals surface area contributed by atoms with E-state index in [9.17, 15) is 19.2 Å². The number of hydrogen-bond donors (Lipinski definition) is 0. The molecule has 0 spiro atoms. The second-order valence-corrected chi connectivity index (χ2v) is 14.2. The smallest absolute Gasteiger partial charge is 0.410 e. The van der Waals surface area contributed by atoms with E-state index in [0.29, 0.717) is 45.1 Å². The summed E-state index contributed by atoms with van der Waals surface area (Å²) in [5.74, 6) is -3.06. The topological polar surface area (TPSA) is 125 Å². The number of esters is 1. The number of carbonyl (C=O) groups is 4. The van der Waals surface area contributed by atoms with E-state index in [1.54, 1.807) is 25.9 Å². The number of aryl methyl sites for hydroxylation is 1. The van der Waals surface area contributed by atoms with Crippen LogP contribution in [0.15, 0.2) is 40.9 Å². The van der Waals surface area contributed by atoms with Gasteiger partial charge < -0.3 is 23.6 Å². The van der Waals surface area contributed by atoms with Crippen LogP contribution in [0, 0.1) is 29.6 Å². The van der Waals surface area contributed by atoms with E-state index in [2.05, 4.69) is 5.16 Å². The van der Waals surface area contributed by atoms with E-state index in [1.165, 1.54) is 0 Å². The van der Waals surface area contributed by atoms with Crippen LogP contribution in [0.4, 0.5) is 4.79 Å². The predicted molar refractivity (Wildman–Crippen MR) is 181 cm³/mol. The number of aromatic nitrogens is 1. The molecule has 10 heteroatoms. The van der Waals surface area contributed by atoms with Crippen molar-refractivity contribution in [1.82, 2.24) is 10.1 Å². The van der Waals surface area contributed by atoms with Gasteiger partial charge in [0.25, 0.3) is 0 Å². The first-order chi connectivity index (χ1) is 22.7. The van der Waals surface area contributed by atoms with Crippen molar-refractivity contribution >= 4 is 23.6 Å². The van der Waals surface area contributed by atoms with Gasteiger partial charge in [-0.25, -0.2) is 4.79 Å². The number of Topliss-reactive ketones (excluding diaryl/α,β-unsaturated/α-hetero) is 2. The summed E-state index contributed by atoms with van der Waals surface area (Å²) < 4.78 is 23.9. The molecule has 2 aromatic rings. The number of amides is 1. The van der Waals surface area contributed by atoms with E-state index in [1.807, 2.05) is 77.9 Å². The zero-order chi connectivity index (χ0) is 35.4. The molecule has 4 unspecified atom stereocenters. The molecular formula is C38H54N2O8. The minimum absolute atomic E-state index is 0.0303. The number of fused-ring (bicyclic) bond motifs is 1. The third-order valence-corrected chi connectivity index (χ3v) is 11.3. The molecule has 0 radical (unpaired) electrons. The Labute approximate surface area is 285 Å². The maximum absolute atomic E-state index is 14.3. The zero-order valence-electron chi connectivity index (χ0n) is 30.1. The number of rotatable bonds is 9. The van der Waals surface area contributed by atoms with Gasteiger partial charge in [0.1, 0.15) is 35.0 Å². The van der Waals surface area contributed by atoms with Crippen LogP contribution in [0.1, 0.15) is 93.3 Å². The maximum Gasteiger partial charge on any atom is 0.410 e. The first kappa shape index (κ1) is 37.3. The highest BCUT2D eigenvalue weighted by Crippen LogP contribution is 2.44. The summed E-state index contributed by atoms with van der Waals surface area (Å²) in [6.07, 6.45) is 1.64. The highest BCUT2D eigenvalue weighted by molar-refractivity contribution is 6.00. The Bertz CT molecular complexity index is 1440. The molecule has 2 aliphatic rings. The quantitative estimate of drug-likeness (QED) is 0.157. The number of hydrogen-bond acceptors (Lipinski definition) is 9. The van der Waals surface area contributed by atoms with Gasteiger partial charge in [-0.3, -0.25) is 14.4 Å². The van der Waals surface area contributed by atoms with Gasteiger partial charge in [-0.05, 0) is 51.9 Å². The number of ether oxygens (including phenoxy) is 3. The average Bonchev–Trinajstić information content (AvgIpc) is 3.69. The molecule has 9 atom stereocenters. The minimum atomic E-state index is -1.28. The lowest BCUT2D eigenvalue weighted by molar-refractivity contribution is -0.174. The third kappa shape index (κ3) is 7.24. The SMILES string of the molecule is CCC1OC(=O)C(C)C(=O)C(C)[C@@H](C)[C@@](C)(OC)CC(C)C(=O)[C@H](C)[C@H]2N(CCCCc3cc(-c4ccccc4)no3)C(=O)O[C@]12CC. The summed E-state index contributed by atoms with van der Waals surface area (Å²) in [6.45, 7) is 15.1. The molecule has 264 valence electrons. The first-order valence-electron chi connectivity index (χ1n) is 17.6. The van der Waals surface area contributed by atoms with Crippen LogP contribution < -0.4 is 0 Å². The first-order valence-corrected chi connectivity index (χ1v) is 17.6. The lowest BCUT2D eigenvalue weighted by atomic mass is 9.70. The largest absolute Gasteiger partial charge is 0.457 e. The minimum Gasteiger partial charge on any atom is -0.457 e. The molecule has 3 heterocycles. The van der Waals surface area contributed by atoms with Crippen LogP contribution in [0.3, 0.4) is 0 Å². The summed E-state index contributed by atoms with van der Waals surface area (Å²) in [7, 11) is 1.59. The number of methoxy groups -OCH3 is 1. The Hall–Kier alpha value is -3.53. The lowest BCUT2D eigenvalue weighted by Gasteiger charge is -2.44. The lowest BCUT2D eigenvalue weighted by Crippen LogP contribution is -2.59. The Morgan fingerprint density at radius 3 is 2.27 bits per heavy atom. The number of ketones is 2. The summed E-state index contributed by atoms with van der Waals surface area (Å²) >= 11 is 0. The van der Waals surface area contributed by atoms with Gasteiger partial charge in [-0.1, -0.05) is 77.0 Å². The van der Waals surface area contributed by atoms with E-state index >= 15 is 0 Å². The van der Waals surface area contributed by atoms with Crippen molar-refractivity contribution in [2.75, 3.05) is 13.7 Å². The standard InChI is InChI=1S/C38H54N2O8/c1-10-31-38(11-2)34(40(36(44)47-38)20-16-15-19-29-21-30(39-48-29)28-17-13-12-14-18-28)25(5)32(41)23(3)22-37(8,45-9)27(7)24(4)33(42)26(6)35(43)46-31/h12-14,17-18,21,23-27,31,34H,10-11,15-16,19-20,22H2,1-9H3/t23?,24?,25-,26?,27+,31?,34+,37-,38+/m0/s1. The van der Waals surface area contributed by atoms with E-state index in [-0.39, 0.29) is 17.5 Å². The Kier molecular flexibility index (Phi) is 11.9. The molecular weight excluding hydrogens is 612 g/mol. The number of benzene rings is 1. The molecule has 1 aromatic carbocycles. The van der Waals surface area contributed by atoms with E-state index in [4.69, 9.17) is 18.7 Å². The van der Waals surface area contributed by atoms with Crippen molar-refractivity contribution < 1.29 is 37.9 Å². The Morgan fingerprint density at radius 2 is 1.65 bits per heavy atom. The van der Waals surface area contributed by atoms with Gasteiger partial charge in [-0.2, -0.15) is 0 Å². The molecule has 0 saturated carbocycles. The van der Waals surface area contributed by atoms with Crippen molar-refractivity contribution in [3.8, 4) is 11.3 Å². The molecule has 0 N–H and O–H groups in total. The third-order valence-electron chi connectivity index (χ3n) is 11.3. The van der Waals surface area contributed by atoms with Crippen LogP contribution in [-0.2, 0) is 35.0 Å². The van der Waals surface area contributed by atoms with Gasteiger partial charge in [-0.15, -0.1) is 0 Å². The van der Waals surface area contributed by atoms with Crippen molar-refractivity contribution in [1.29, 1.82) is 0 Å². The van der Waals surface area contributed by atoms with Crippen molar-refractivity contribution in [2.24, 2.45) is 29.6 Å². The van der Waals surface area contributed by atoms with Crippen molar-refractivity contribution in [3.05, 3.63) is 42.2 Å². The number of unbranched alkanes of at least 4 members (excludes halogenated alkanes) is 1. The van der Waals surface area contributed by atoms with Crippen LogP contribution in [0.5, 0.6) is 0 Å². The van der Waals surface area contributed by atoms with Crippen LogP contribution in [-0.4, -0.2) is 70.7 Å². The van der Waals surface area contributed by atoms with Crippen LogP contribution in [0.25, 0.3) is 11.3 Å². The molecule has 48 heavy (non-hydrogen) atoms. The number of cyclic esters (lactones) is 1. The summed E-state index contributed by atoms with van der Waals surface area (Å²) in [6, 6.07) is 11.1. The van der Waals surface area contributed by atoms with Crippen molar-refractivity contribution in [3.63, 3.8) is 0 Å². The molecule has 2 aliphatic heterocycles. The molecule has 10 nitrogen and oxygen atoms in total. The summed E-state index contributed by atoms with van der Waals surface area (Å²) in [5, 5.41) is 4.21. The molecule has 2 saturated heterocycles. The van der Waals surface area contributed by atoms with Crippen LogP contribution >= 0.6 is 0 Å². The fourth-order valence-electron chi connectivity index (χ4n) is 7.93. The van der Waals surface area contributed by atoms with Gasteiger partial charge in [0.2, 0.25) is 0 Å². The zero-order valence-corrected chi connectivity index (χ0v) is 30.1. The van der Waals surface area contributed by atoms with E-state index in [0.717, 1.165) is 17.0 Å². The molecule has 2 fully saturated rings. The molecule has 1 amide bonds. The highest BCUT2D eigenvalue weighted by atomic mass is 16.6. The molecule has 4 rings (SSSR count).